The van der Waals surface area contributed by atoms with Gasteiger partial charge in [0.25, 0.3) is 0 Å². The van der Waals surface area contributed by atoms with E-state index in [-0.39, 0.29) is 11.8 Å². The van der Waals surface area contributed by atoms with Crippen LogP contribution in [0.2, 0.25) is 0 Å². The molecule has 0 saturated heterocycles. The minimum Gasteiger partial charge on any atom is -0.465 e. The van der Waals surface area contributed by atoms with Crippen molar-refractivity contribution in [1.82, 2.24) is 5.32 Å². The van der Waals surface area contributed by atoms with Gasteiger partial charge in [0.05, 0.1) is 6.61 Å². The first-order valence-electron chi connectivity index (χ1n) is 6.90. The number of nitrogens with one attached hydrogen (secondary N) is 1. The third-order valence-electron chi connectivity index (χ3n) is 3.08. The van der Waals surface area contributed by atoms with Crippen LogP contribution >= 0.6 is 0 Å². The Hall–Kier alpha value is -2.20. The maximum Gasteiger partial charge on any atom is 0.327 e. The topological polar surface area (TPSA) is 38.3 Å². The van der Waals surface area contributed by atoms with Gasteiger partial charge in [-0.1, -0.05) is 42.5 Å². The van der Waals surface area contributed by atoms with Crippen molar-refractivity contribution < 1.29 is 13.9 Å². The van der Waals surface area contributed by atoms with Crippen molar-refractivity contribution >= 4 is 5.97 Å². The highest BCUT2D eigenvalue weighted by atomic mass is 19.1. The number of benzene rings is 2. The predicted molar refractivity (Wildman–Crippen MR) is 79.1 cm³/mol. The molecule has 3 nitrogen and oxygen atoms in total. The molecule has 0 radical (unpaired) electrons. The minimum atomic E-state index is -0.531. The molecule has 2 rings (SSSR count). The van der Waals surface area contributed by atoms with E-state index < -0.39 is 6.04 Å². The highest BCUT2D eigenvalue weighted by molar-refractivity contribution is 5.77. The summed E-state index contributed by atoms with van der Waals surface area (Å²) in [5, 5.41) is 3.16. The monoisotopic (exact) mass is 287 g/mol. The molecule has 0 heterocycles. The number of esters is 1. The molecule has 1 N–H and O–H groups in total. The van der Waals surface area contributed by atoms with Gasteiger partial charge in [-0.15, -0.1) is 0 Å². The molecule has 0 saturated carbocycles. The molecule has 0 bridgehead atoms. The fourth-order valence-corrected chi connectivity index (χ4v) is 2.03. The summed E-state index contributed by atoms with van der Waals surface area (Å²) in [5.41, 5.74) is 1.75. The number of halogens is 1. The van der Waals surface area contributed by atoms with Crippen LogP contribution in [-0.2, 0) is 16.1 Å². The molecule has 2 aromatic carbocycles. The zero-order valence-electron chi connectivity index (χ0n) is 11.9. The van der Waals surface area contributed by atoms with Gasteiger partial charge < -0.3 is 4.74 Å². The lowest BCUT2D eigenvalue weighted by Crippen LogP contribution is -2.29. The number of carbonyl (C=O) groups is 1. The van der Waals surface area contributed by atoms with Crippen molar-refractivity contribution in [1.29, 1.82) is 0 Å². The summed E-state index contributed by atoms with van der Waals surface area (Å²) in [7, 11) is 0. The standard InChI is InChI=1S/C17H18FNO2/c1-2-21-17(20)16(14-6-4-3-5-7-14)19-12-13-8-10-15(18)11-9-13/h3-11,16,19H,2,12H2,1H3. The van der Waals surface area contributed by atoms with Gasteiger partial charge in [0.15, 0.2) is 0 Å². The van der Waals surface area contributed by atoms with Crippen LogP contribution in [0.15, 0.2) is 54.6 Å². The summed E-state index contributed by atoms with van der Waals surface area (Å²) >= 11 is 0. The van der Waals surface area contributed by atoms with Crippen molar-refractivity contribution in [3.05, 3.63) is 71.5 Å². The van der Waals surface area contributed by atoms with E-state index in [9.17, 15) is 9.18 Å². The van der Waals surface area contributed by atoms with Crippen LogP contribution in [0.5, 0.6) is 0 Å². The van der Waals surface area contributed by atoms with Gasteiger partial charge in [-0.05, 0) is 30.2 Å². The summed E-state index contributed by atoms with van der Waals surface area (Å²) in [6.07, 6.45) is 0. The third kappa shape index (κ3) is 4.39. The fourth-order valence-electron chi connectivity index (χ4n) is 2.03. The van der Waals surface area contributed by atoms with E-state index in [2.05, 4.69) is 5.32 Å². The Morgan fingerprint density at radius 1 is 1.14 bits per heavy atom. The number of hydrogen-bond acceptors (Lipinski definition) is 3. The van der Waals surface area contributed by atoms with Crippen LogP contribution in [0.3, 0.4) is 0 Å². The second kappa shape index (κ2) is 7.55. The van der Waals surface area contributed by atoms with E-state index >= 15 is 0 Å². The first-order chi connectivity index (χ1) is 10.2. The Labute approximate surface area is 123 Å². The number of carbonyl (C=O) groups excluding carboxylic acids is 1. The summed E-state index contributed by atoms with van der Waals surface area (Å²) in [4.78, 5) is 12.1. The predicted octanol–water partition coefficient (Wildman–Crippen LogP) is 3.22. The van der Waals surface area contributed by atoms with Crippen LogP contribution in [0, 0.1) is 5.82 Å². The summed E-state index contributed by atoms with van der Waals surface area (Å²) in [6, 6.07) is 15.0. The molecule has 0 aliphatic carbocycles. The van der Waals surface area contributed by atoms with Crippen molar-refractivity contribution in [3.63, 3.8) is 0 Å². The number of ether oxygens (including phenoxy) is 1. The summed E-state index contributed by atoms with van der Waals surface area (Å²) in [5.74, 6) is -0.588. The molecule has 0 fully saturated rings. The van der Waals surface area contributed by atoms with Crippen molar-refractivity contribution in [3.8, 4) is 0 Å². The van der Waals surface area contributed by atoms with Crippen LogP contribution in [-0.4, -0.2) is 12.6 Å². The lowest BCUT2D eigenvalue weighted by molar-refractivity contribution is -0.145. The zero-order valence-corrected chi connectivity index (χ0v) is 11.9. The highest BCUT2D eigenvalue weighted by Crippen LogP contribution is 2.15. The summed E-state index contributed by atoms with van der Waals surface area (Å²) < 4.78 is 18.0. The Morgan fingerprint density at radius 2 is 1.81 bits per heavy atom. The maximum absolute atomic E-state index is 12.9. The Bertz CT molecular complexity index is 569. The lowest BCUT2D eigenvalue weighted by atomic mass is 10.1. The number of hydrogen-bond donors (Lipinski definition) is 1. The van der Waals surface area contributed by atoms with Gasteiger partial charge >= 0.3 is 5.97 Å². The van der Waals surface area contributed by atoms with E-state index in [1.165, 1.54) is 12.1 Å². The van der Waals surface area contributed by atoms with Gasteiger partial charge in [-0.3, -0.25) is 5.32 Å². The summed E-state index contributed by atoms with van der Waals surface area (Å²) in [6.45, 7) is 2.57. The molecule has 0 amide bonds. The molecule has 1 unspecified atom stereocenters. The van der Waals surface area contributed by atoms with Gasteiger partial charge in [-0.2, -0.15) is 0 Å². The van der Waals surface area contributed by atoms with Crippen LogP contribution in [0.4, 0.5) is 4.39 Å². The highest BCUT2D eigenvalue weighted by Gasteiger charge is 2.20. The smallest absolute Gasteiger partial charge is 0.327 e. The van der Waals surface area contributed by atoms with E-state index in [0.29, 0.717) is 13.2 Å². The van der Waals surface area contributed by atoms with Crippen molar-refractivity contribution in [2.24, 2.45) is 0 Å². The normalized spacial score (nSPS) is 11.9. The van der Waals surface area contributed by atoms with E-state index in [4.69, 9.17) is 4.74 Å². The quantitative estimate of drug-likeness (QED) is 0.829. The molecule has 2 aromatic rings. The second-order valence-electron chi connectivity index (χ2n) is 4.60. The van der Waals surface area contributed by atoms with E-state index in [1.54, 1.807) is 19.1 Å². The molecule has 0 spiro atoms. The molecule has 0 aliphatic heterocycles. The second-order valence-corrected chi connectivity index (χ2v) is 4.60. The van der Waals surface area contributed by atoms with E-state index in [0.717, 1.165) is 11.1 Å². The molecule has 21 heavy (non-hydrogen) atoms. The fraction of sp³-hybridized carbons (Fsp3) is 0.235. The van der Waals surface area contributed by atoms with Crippen LogP contribution < -0.4 is 5.32 Å². The zero-order chi connectivity index (χ0) is 15.1. The van der Waals surface area contributed by atoms with Gasteiger partial charge in [0.1, 0.15) is 11.9 Å². The molecule has 110 valence electrons. The lowest BCUT2D eigenvalue weighted by Gasteiger charge is -2.17. The average molecular weight is 287 g/mol. The van der Waals surface area contributed by atoms with Crippen LogP contribution in [0.25, 0.3) is 0 Å². The maximum atomic E-state index is 12.9. The molecule has 4 heteroatoms. The SMILES string of the molecule is CCOC(=O)C(NCc1ccc(F)cc1)c1ccccc1. The van der Waals surface area contributed by atoms with Crippen molar-refractivity contribution in [2.75, 3.05) is 6.61 Å². The first kappa shape index (κ1) is 15.2. The van der Waals surface area contributed by atoms with Gasteiger partial charge in [0, 0.05) is 6.54 Å². The largest absolute Gasteiger partial charge is 0.465 e. The Kier molecular flexibility index (Phi) is 5.46. The number of rotatable bonds is 6. The Morgan fingerprint density at radius 3 is 2.43 bits per heavy atom. The van der Waals surface area contributed by atoms with Crippen molar-refractivity contribution in [2.45, 2.75) is 19.5 Å². The molecular weight excluding hydrogens is 269 g/mol. The molecular formula is C17H18FNO2. The molecule has 1 atom stereocenters. The van der Waals surface area contributed by atoms with Crippen LogP contribution in [0.1, 0.15) is 24.1 Å². The molecule has 0 aromatic heterocycles. The Balaban J connectivity index is 2.09. The molecule has 0 aliphatic rings. The van der Waals surface area contributed by atoms with Gasteiger partial charge in [0.2, 0.25) is 0 Å². The van der Waals surface area contributed by atoms with Gasteiger partial charge in [-0.25, -0.2) is 9.18 Å². The minimum absolute atomic E-state index is 0.274. The average Bonchev–Trinajstić information content (AvgIpc) is 2.51. The first-order valence-corrected chi connectivity index (χ1v) is 6.90. The third-order valence-corrected chi connectivity index (χ3v) is 3.08. The van der Waals surface area contributed by atoms with E-state index in [1.807, 2.05) is 30.3 Å².